The third-order valence-electron chi connectivity index (χ3n) is 1.41. The first kappa shape index (κ1) is 12.1. The van der Waals surface area contributed by atoms with Crippen molar-refractivity contribution in [3.63, 3.8) is 0 Å². The van der Waals surface area contributed by atoms with Gasteiger partial charge in [0.1, 0.15) is 0 Å². The minimum atomic E-state index is -1.39. The molecule has 3 nitrogen and oxygen atoms in total. The molecule has 0 heterocycles. The van der Waals surface area contributed by atoms with Crippen LogP contribution in [0.25, 0.3) is 0 Å². The Hall–Kier alpha value is 0.0969. The second kappa shape index (κ2) is 9.19. The molecule has 0 aliphatic rings. The van der Waals surface area contributed by atoms with E-state index in [-0.39, 0.29) is 0 Å². The molecule has 0 spiro atoms. The van der Waals surface area contributed by atoms with Crippen LogP contribution in [0.3, 0.4) is 0 Å². The van der Waals surface area contributed by atoms with Crippen molar-refractivity contribution < 1.29 is 13.6 Å². The Bertz CT molecular complexity index is 84.4. The van der Waals surface area contributed by atoms with E-state index in [2.05, 4.69) is 0 Å². The van der Waals surface area contributed by atoms with Gasteiger partial charge in [-0.2, -0.15) is 0 Å². The molecule has 0 saturated carbocycles. The lowest BCUT2D eigenvalue weighted by molar-refractivity contribution is 0.146. The highest BCUT2D eigenvalue weighted by Crippen LogP contribution is 1.97. The van der Waals surface area contributed by atoms with Gasteiger partial charge in [0.05, 0.1) is 0 Å². The molecule has 74 valence electrons. The van der Waals surface area contributed by atoms with Crippen LogP contribution in [0.4, 0.5) is 0 Å². The molecule has 0 aliphatic carbocycles. The smallest absolute Gasteiger partial charge is 0.323 e. The molecule has 0 rings (SSSR count). The zero-order valence-corrected chi connectivity index (χ0v) is 9.49. The van der Waals surface area contributed by atoms with Gasteiger partial charge in [-0.15, -0.1) is 0 Å². The lowest BCUT2D eigenvalue weighted by Gasteiger charge is -2.13. The van der Waals surface area contributed by atoms with Gasteiger partial charge in [-0.3, -0.25) is 0 Å². The van der Waals surface area contributed by atoms with Crippen LogP contribution in [0, 0.1) is 0 Å². The van der Waals surface area contributed by atoms with Gasteiger partial charge in [-0.1, -0.05) is 0 Å². The Morgan fingerprint density at radius 1 is 0.917 bits per heavy atom. The van der Waals surface area contributed by atoms with E-state index in [1.807, 2.05) is 20.8 Å². The maximum Gasteiger partial charge on any atom is 0.323 e. The predicted octanol–water partition coefficient (Wildman–Crippen LogP) is 1.32. The van der Waals surface area contributed by atoms with E-state index in [0.29, 0.717) is 0 Å². The molecule has 0 atom stereocenters. The Morgan fingerprint density at radius 2 is 1.50 bits per heavy atom. The highest BCUT2D eigenvalue weighted by molar-refractivity contribution is 6.44. The van der Waals surface area contributed by atoms with Crippen molar-refractivity contribution in [1.82, 2.24) is 0 Å². The van der Waals surface area contributed by atoms with Crippen LogP contribution in [0.2, 0.25) is 6.04 Å². The van der Waals surface area contributed by atoms with E-state index >= 15 is 0 Å². The molecule has 0 bridgehead atoms. The average molecular weight is 192 g/mol. The van der Waals surface area contributed by atoms with Gasteiger partial charge < -0.3 is 13.6 Å². The number of hydrogen-bond donors (Lipinski definition) is 0. The minimum absolute atomic E-state index is 0.753. The topological polar surface area (TPSA) is 27.7 Å². The Balaban J connectivity index is 3.34. The van der Waals surface area contributed by atoms with E-state index in [1.54, 1.807) is 0 Å². The second-order valence-corrected chi connectivity index (χ2v) is 4.43. The molecular formula is C8H20O3Si. The predicted molar refractivity (Wildman–Crippen MR) is 51.7 cm³/mol. The fourth-order valence-corrected chi connectivity index (χ4v) is 2.44. The van der Waals surface area contributed by atoms with Crippen molar-refractivity contribution in [2.24, 2.45) is 0 Å². The largest absolute Gasteiger partial charge is 0.397 e. The fourth-order valence-electron chi connectivity index (χ4n) is 0.910. The summed E-state index contributed by atoms with van der Waals surface area (Å²) in [6.07, 6.45) is 0. The maximum absolute atomic E-state index is 5.47. The normalized spacial score (nSPS) is 11.0. The number of rotatable bonds is 8. The van der Waals surface area contributed by atoms with Crippen LogP contribution >= 0.6 is 0 Å². The quantitative estimate of drug-likeness (QED) is 0.429. The van der Waals surface area contributed by atoms with Crippen molar-refractivity contribution in [3.8, 4) is 0 Å². The molecule has 0 unspecified atom stereocenters. The third-order valence-corrected chi connectivity index (χ3v) is 3.52. The number of ether oxygens (including phenoxy) is 1. The van der Waals surface area contributed by atoms with Crippen molar-refractivity contribution in [2.45, 2.75) is 26.8 Å². The summed E-state index contributed by atoms with van der Waals surface area (Å²) in [7, 11) is -1.39. The molecule has 0 aliphatic heterocycles. The molecule has 0 aromatic rings. The molecule has 0 amide bonds. The van der Waals surface area contributed by atoms with Gasteiger partial charge in [0, 0.05) is 32.5 Å². The summed E-state index contributed by atoms with van der Waals surface area (Å²) in [5.74, 6) is 0. The van der Waals surface area contributed by atoms with Crippen LogP contribution in [0.5, 0.6) is 0 Å². The van der Waals surface area contributed by atoms with E-state index in [9.17, 15) is 0 Å². The maximum atomic E-state index is 5.47. The summed E-state index contributed by atoms with van der Waals surface area (Å²) >= 11 is 0. The van der Waals surface area contributed by atoms with E-state index in [4.69, 9.17) is 13.6 Å². The monoisotopic (exact) mass is 192 g/mol. The van der Waals surface area contributed by atoms with Gasteiger partial charge in [0.2, 0.25) is 0 Å². The van der Waals surface area contributed by atoms with Crippen LogP contribution < -0.4 is 0 Å². The van der Waals surface area contributed by atoms with Crippen molar-refractivity contribution >= 4 is 9.28 Å². The van der Waals surface area contributed by atoms with Gasteiger partial charge in [0.15, 0.2) is 0 Å². The summed E-state index contributed by atoms with van der Waals surface area (Å²) in [6.45, 7) is 9.05. The molecule has 0 fully saturated rings. The Labute approximate surface area is 76.9 Å². The van der Waals surface area contributed by atoms with Gasteiger partial charge in [0.25, 0.3) is 0 Å². The molecular weight excluding hydrogens is 172 g/mol. The summed E-state index contributed by atoms with van der Waals surface area (Å²) in [6, 6.07) is 0.954. The summed E-state index contributed by atoms with van der Waals surface area (Å²) in [5.41, 5.74) is 0. The Morgan fingerprint density at radius 3 is 1.92 bits per heavy atom. The molecule has 0 aromatic heterocycles. The van der Waals surface area contributed by atoms with E-state index < -0.39 is 9.28 Å². The highest BCUT2D eigenvalue weighted by Gasteiger charge is 2.10. The average Bonchev–Trinajstić information content (AvgIpc) is 2.06. The van der Waals surface area contributed by atoms with Crippen molar-refractivity contribution in [3.05, 3.63) is 0 Å². The first-order valence-corrected chi connectivity index (χ1v) is 6.41. The van der Waals surface area contributed by atoms with Gasteiger partial charge >= 0.3 is 9.28 Å². The molecule has 0 aromatic carbocycles. The van der Waals surface area contributed by atoms with Crippen LogP contribution in [-0.4, -0.2) is 35.7 Å². The van der Waals surface area contributed by atoms with E-state index in [0.717, 1.165) is 32.5 Å². The second-order valence-electron chi connectivity index (χ2n) is 2.33. The molecule has 4 heteroatoms. The number of hydrogen-bond acceptors (Lipinski definition) is 3. The van der Waals surface area contributed by atoms with Gasteiger partial charge in [-0.05, 0) is 20.8 Å². The molecule has 0 N–H and O–H groups in total. The van der Waals surface area contributed by atoms with Crippen LogP contribution in [0.1, 0.15) is 20.8 Å². The van der Waals surface area contributed by atoms with Gasteiger partial charge in [-0.25, -0.2) is 0 Å². The summed E-state index contributed by atoms with van der Waals surface area (Å²) < 4.78 is 16.2. The van der Waals surface area contributed by atoms with E-state index in [1.165, 1.54) is 0 Å². The Kier molecular flexibility index (Phi) is 9.26. The van der Waals surface area contributed by atoms with Crippen molar-refractivity contribution in [1.29, 1.82) is 0 Å². The first-order valence-electron chi connectivity index (χ1n) is 4.66. The molecule has 0 saturated heterocycles. The lowest BCUT2D eigenvalue weighted by atomic mass is 10.8. The lowest BCUT2D eigenvalue weighted by Crippen LogP contribution is -2.24. The summed E-state index contributed by atoms with van der Waals surface area (Å²) in [5, 5.41) is 0. The van der Waals surface area contributed by atoms with Crippen LogP contribution in [-0.2, 0) is 13.6 Å². The molecule has 0 radical (unpaired) electrons. The minimum Gasteiger partial charge on any atom is -0.397 e. The first-order chi connectivity index (χ1) is 5.85. The fraction of sp³-hybridized carbons (Fsp3) is 1.00. The summed E-state index contributed by atoms with van der Waals surface area (Å²) in [4.78, 5) is 0. The van der Waals surface area contributed by atoms with Crippen molar-refractivity contribution in [2.75, 3.05) is 26.4 Å². The highest BCUT2D eigenvalue weighted by atomic mass is 28.3. The zero-order chi connectivity index (χ0) is 9.23. The van der Waals surface area contributed by atoms with Crippen LogP contribution in [0.15, 0.2) is 0 Å². The zero-order valence-electron chi connectivity index (χ0n) is 8.34. The SMILES string of the molecule is CCOCC[SiH](OCC)OCC. The molecule has 12 heavy (non-hydrogen) atoms. The standard InChI is InChI=1S/C8H20O3Si/c1-4-9-7-8-12(10-5-2)11-6-3/h12H,4-8H2,1-3H3. The third kappa shape index (κ3) is 6.79.